The number of aryl methyl sites for hydroxylation is 1. The average Bonchev–Trinajstić information content (AvgIpc) is 2.31. The first-order chi connectivity index (χ1) is 8.80. The molecule has 0 radical (unpaired) electrons. The summed E-state index contributed by atoms with van der Waals surface area (Å²) >= 11 is 6.28. The number of benzene rings is 1. The highest BCUT2D eigenvalue weighted by molar-refractivity contribution is 6.31. The molecule has 0 saturated carbocycles. The molecule has 0 amide bonds. The summed E-state index contributed by atoms with van der Waals surface area (Å²) in [4.78, 5) is 2.52. The fourth-order valence-corrected chi connectivity index (χ4v) is 3.19. The van der Waals surface area contributed by atoms with Crippen LogP contribution < -0.4 is 5.73 Å². The van der Waals surface area contributed by atoms with Crippen molar-refractivity contribution >= 4 is 11.6 Å². The number of nitrogens with two attached hydrogens (primary N) is 1. The average molecular weight is 281 g/mol. The summed E-state index contributed by atoms with van der Waals surface area (Å²) in [6.07, 6.45) is 2.26. The van der Waals surface area contributed by atoms with Crippen LogP contribution in [0.15, 0.2) is 18.2 Å². The van der Waals surface area contributed by atoms with E-state index >= 15 is 0 Å². The van der Waals surface area contributed by atoms with Crippen molar-refractivity contribution in [2.75, 3.05) is 6.54 Å². The number of hydrogen-bond donors (Lipinski definition) is 1. The van der Waals surface area contributed by atoms with E-state index in [0.29, 0.717) is 0 Å². The van der Waals surface area contributed by atoms with E-state index in [2.05, 4.69) is 43.9 Å². The van der Waals surface area contributed by atoms with Gasteiger partial charge in [-0.1, -0.05) is 23.7 Å². The Bertz CT molecular complexity index is 451. The fraction of sp³-hybridized carbons (Fsp3) is 0.625. The van der Waals surface area contributed by atoms with Crippen LogP contribution in [-0.2, 0) is 0 Å². The highest BCUT2D eigenvalue weighted by Crippen LogP contribution is 2.36. The second-order valence-electron chi connectivity index (χ2n) is 6.62. The molecule has 1 saturated heterocycles. The van der Waals surface area contributed by atoms with Gasteiger partial charge in [-0.2, -0.15) is 0 Å². The van der Waals surface area contributed by atoms with Gasteiger partial charge in [-0.15, -0.1) is 0 Å². The third kappa shape index (κ3) is 3.13. The predicted molar refractivity (Wildman–Crippen MR) is 82.6 cm³/mol. The Balaban J connectivity index is 2.39. The molecule has 2 rings (SSSR count). The van der Waals surface area contributed by atoms with Crippen molar-refractivity contribution in [3.63, 3.8) is 0 Å². The van der Waals surface area contributed by atoms with Crippen LogP contribution in [0.25, 0.3) is 0 Å². The van der Waals surface area contributed by atoms with E-state index in [4.69, 9.17) is 17.3 Å². The second kappa shape index (κ2) is 5.43. The van der Waals surface area contributed by atoms with Gasteiger partial charge in [0.1, 0.15) is 0 Å². The van der Waals surface area contributed by atoms with E-state index in [1.54, 1.807) is 0 Å². The topological polar surface area (TPSA) is 29.3 Å². The van der Waals surface area contributed by atoms with Crippen molar-refractivity contribution < 1.29 is 0 Å². The van der Waals surface area contributed by atoms with E-state index in [0.717, 1.165) is 23.6 Å². The summed E-state index contributed by atoms with van der Waals surface area (Å²) in [5, 5.41) is 0.837. The molecule has 0 aromatic heterocycles. The number of piperidine rings is 1. The van der Waals surface area contributed by atoms with Crippen molar-refractivity contribution in [2.45, 2.75) is 58.2 Å². The van der Waals surface area contributed by atoms with Crippen LogP contribution in [0.3, 0.4) is 0 Å². The van der Waals surface area contributed by atoms with Gasteiger partial charge in [0, 0.05) is 16.6 Å². The zero-order chi connectivity index (χ0) is 14.2. The minimum Gasteiger partial charge on any atom is -0.326 e. The summed E-state index contributed by atoms with van der Waals surface area (Å²) in [6, 6.07) is 6.82. The standard InChI is InChI=1S/C16H25ClN2/c1-11-7-8-12(10-13(11)17)15-14(18)6-5-9-19(15)16(2,3)4/h7-8,10,14-15H,5-6,9,18H2,1-4H3. The largest absolute Gasteiger partial charge is 0.326 e. The van der Waals surface area contributed by atoms with Gasteiger partial charge in [0.2, 0.25) is 0 Å². The third-order valence-corrected chi connectivity index (χ3v) is 4.48. The number of halogens is 1. The number of hydrogen-bond acceptors (Lipinski definition) is 2. The summed E-state index contributed by atoms with van der Waals surface area (Å²) in [7, 11) is 0. The maximum absolute atomic E-state index is 6.40. The zero-order valence-electron chi connectivity index (χ0n) is 12.4. The van der Waals surface area contributed by atoms with Crippen LogP contribution in [0.2, 0.25) is 5.02 Å². The van der Waals surface area contributed by atoms with Crippen LogP contribution in [-0.4, -0.2) is 23.0 Å². The van der Waals surface area contributed by atoms with Gasteiger partial charge in [-0.3, -0.25) is 4.90 Å². The molecule has 1 aliphatic rings. The maximum Gasteiger partial charge on any atom is 0.0504 e. The predicted octanol–water partition coefficient (Wildman–Crippen LogP) is 3.91. The van der Waals surface area contributed by atoms with Gasteiger partial charge in [0.05, 0.1) is 6.04 Å². The molecule has 1 aromatic rings. The van der Waals surface area contributed by atoms with E-state index < -0.39 is 0 Å². The number of likely N-dealkylation sites (tertiary alicyclic amines) is 1. The van der Waals surface area contributed by atoms with Crippen molar-refractivity contribution in [1.82, 2.24) is 4.90 Å². The van der Waals surface area contributed by atoms with Gasteiger partial charge in [0.15, 0.2) is 0 Å². The molecule has 106 valence electrons. The lowest BCUT2D eigenvalue weighted by Gasteiger charge is -2.47. The fourth-order valence-electron chi connectivity index (χ4n) is 3.00. The molecular formula is C16H25ClN2. The highest BCUT2D eigenvalue weighted by atomic mass is 35.5. The molecule has 2 nitrogen and oxygen atoms in total. The summed E-state index contributed by atoms with van der Waals surface area (Å²) in [6.45, 7) is 9.91. The lowest BCUT2D eigenvalue weighted by molar-refractivity contribution is 0.0384. The van der Waals surface area contributed by atoms with E-state index in [9.17, 15) is 0 Å². The SMILES string of the molecule is Cc1ccc(C2C(N)CCCN2C(C)(C)C)cc1Cl. The van der Waals surface area contributed by atoms with Crippen molar-refractivity contribution in [3.8, 4) is 0 Å². The Morgan fingerprint density at radius 2 is 2.00 bits per heavy atom. The van der Waals surface area contributed by atoms with E-state index in [1.165, 1.54) is 12.0 Å². The normalized spacial score (nSPS) is 25.6. The van der Waals surface area contributed by atoms with Crippen molar-refractivity contribution in [2.24, 2.45) is 5.73 Å². The minimum atomic E-state index is 0.125. The maximum atomic E-state index is 6.40. The molecule has 1 aromatic carbocycles. The van der Waals surface area contributed by atoms with Gasteiger partial charge in [-0.05, 0) is 64.3 Å². The summed E-state index contributed by atoms with van der Waals surface area (Å²) < 4.78 is 0. The monoisotopic (exact) mass is 280 g/mol. The van der Waals surface area contributed by atoms with Gasteiger partial charge >= 0.3 is 0 Å². The van der Waals surface area contributed by atoms with Crippen LogP contribution in [0, 0.1) is 6.92 Å². The Hall–Kier alpha value is -0.570. The molecule has 0 bridgehead atoms. The molecule has 0 spiro atoms. The first-order valence-corrected chi connectivity index (χ1v) is 7.47. The van der Waals surface area contributed by atoms with Crippen molar-refractivity contribution in [3.05, 3.63) is 34.3 Å². The van der Waals surface area contributed by atoms with E-state index in [1.807, 2.05) is 6.92 Å². The summed E-state index contributed by atoms with van der Waals surface area (Å²) in [5.74, 6) is 0. The third-order valence-electron chi connectivity index (χ3n) is 4.08. The Morgan fingerprint density at radius 3 is 2.58 bits per heavy atom. The molecule has 0 aliphatic carbocycles. The van der Waals surface area contributed by atoms with Gasteiger partial charge < -0.3 is 5.73 Å². The van der Waals surface area contributed by atoms with Crippen LogP contribution in [0.4, 0.5) is 0 Å². The van der Waals surface area contributed by atoms with Crippen molar-refractivity contribution in [1.29, 1.82) is 0 Å². The molecule has 1 fully saturated rings. The Morgan fingerprint density at radius 1 is 1.32 bits per heavy atom. The first kappa shape index (κ1) is 14.8. The smallest absolute Gasteiger partial charge is 0.0504 e. The molecule has 2 atom stereocenters. The Kier molecular flexibility index (Phi) is 4.24. The molecule has 19 heavy (non-hydrogen) atoms. The number of nitrogens with zero attached hydrogens (tertiary/aromatic N) is 1. The molecule has 2 unspecified atom stereocenters. The zero-order valence-corrected chi connectivity index (χ0v) is 13.2. The summed E-state index contributed by atoms with van der Waals surface area (Å²) in [5.41, 5.74) is 8.90. The van der Waals surface area contributed by atoms with Crippen LogP contribution >= 0.6 is 11.6 Å². The van der Waals surface area contributed by atoms with Crippen LogP contribution in [0.1, 0.15) is 50.8 Å². The highest BCUT2D eigenvalue weighted by Gasteiger charge is 2.36. The Labute approximate surface area is 121 Å². The molecule has 2 N–H and O–H groups in total. The van der Waals surface area contributed by atoms with Gasteiger partial charge in [0.25, 0.3) is 0 Å². The lowest BCUT2D eigenvalue weighted by atomic mass is 9.86. The molecule has 1 heterocycles. The minimum absolute atomic E-state index is 0.125. The van der Waals surface area contributed by atoms with Gasteiger partial charge in [-0.25, -0.2) is 0 Å². The molecule has 3 heteroatoms. The van der Waals surface area contributed by atoms with E-state index in [-0.39, 0.29) is 17.6 Å². The van der Waals surface area contributed by atoms with Crippen LogP contribution in [0.5, 0.6) is 0 Å². The quantitative estimate of drug-likeness (QED) is 0.845. The second-order valence-corrected chi connectivity index (χ2v) is 7.03. The lowest BCUT2D eigenvalue weighted by Crippen LogP contribution is -2.53. The number of rotatable bonds is 1. The first-order valence-electron chi connectivity index (χ1n) is 7.09. The molecule has 1 aliphatic heterocycles. The molecular weight excluding hydrogens is 256 g/mol.